The summed E-state index contributed by atoms with van der Waals surface area (Å²) >= 11 is 0. The molecule has 0 unspecified atom stereocenters. The SMILES string of the molecule is CCn1cc(NC2=NCCN2)cn1. The maximum absolute atomic E-state index is 4.22. The maximum Gasteiger partial charge on any atom is 0.196 e. The number of hydrogen-bond donors (Lipinski definition) is 2. The van der Waals surface area contributed by atoms with Gasteiger partial charge in [0.2, 0.25) is 0 Å². The zero-order valence-corrected chi connectivity index (χ0v) is 7.62. The van der Waals surface area contributed by atoms with Crippen molar-refractivity contribution in [2.45, 2.75) is 13.5 Å². The van der Waals surface area contributed by atoms with Crippen molar-refractivity contribution in [2.75, 3.05) is 18.4 Å². The lowest BCUT2D eigenvalue weighted by Gasteiger charge is -2.01. The standard InChI is InChI=1S/C8H13N5/c1-2-13-6-7(5-11-13)12-8-9-3-4-10-8/h5-6H,2-4H2,1H3,(H2,9,10,12). The normalized spacial score (nSPS) is 15.3. The zero-order valence-electron chi connectivity index (χ0n) is 7.62. The molecule has 70 valence electrons. The minimum absolute atomic E-state index is 0.843. The molecule has 1 aliphatic heterocycles. The molecule has 2 rings (SSSR count). The average Bonchev–Trinajstić information content (AvgIpc) is 2.76. The number of nitrogens with zero attached hydrogens (tertiary/aromatic N) is 3. The summed E-state index contributed by atoms with van der Waals surface area (Å²) in [5.41, 5.74) is 0.981. The van der Waals surface area contributed by atoms with E-state index in [0.29, 0.717) is 0 Å². The highest BCUT2D eigenvalue weighted by molar-refractivity contribution is 5.94. The van der Waals surface area contributed by atoms with Gasteiger partial charge in [0.25, 0.3) is 0 Å². The van der Waals surface area contributed by atoms with Crippen molar-refractivity contribution < 1.29 is 0 Å². The van der Waals surface area contributed by atoms with Gasteiger partial charge in [-0.3, -0.25) is 9.67 Å². The van der Waals surface area contributed by atoms with E-state index in [1.807, 2.05) is 10.9 Å². The quantitative estimate of drug-likeness (QED) is 0.685. The molecular formula is C8H13N5. The summed E-state index contributed by atoms with van der Waals surface area (Å²) in [6, 6.07) is 0. The van der Waals surface area contributed by atoms with Gasteiger partial charge in [0, 0.05) is 19.3 Å². The molecule has 0 aliphatic carbocycles. The van der Waals surface area contributed by atoms with E-state index in [1.165, 1.54) is 0 Å². The van der Waals surface area contributed by atoms with Gasteiger partial charge < -0.3 is 10.6 Å². The number of guanidine groups is 1. The van der Waals surface area contributed by atoms with Crippen molar-refractivity contribution in [3.05, 3.63) is 12.4 Å². The summed E-state index contributed by atoms with van der Waals surface area (Å²) < 4.78 is 1.87. The van der Waals surface area contributed by atoms with Gasteiger partial charge in [-0.25, -0.2) is 0 Å². The lowest BCUT2D eigenvalue weighted by molar-refractivity contribution is 0.660. The van der Waals surface area contributed by atoms with Crippen LogP contribution >= 0.6 is 0 Å². The fourth-order valence-corrected chi connectivity index (χ4v) is 1.22. The van der Waals surface area contributed by atoms with Gasteiger partial charge in [0.15, 0.2) is 5.96 Å². The highest BCUT2D eigenvalue weighted by Crippen LogP contribution is 2.04. The number of aliphatic imine (C=N–C) groups is 1. The second-order valence-corrected chi connectivity index (χ2v) is 2.87. The Balaban J connectivity index is 2.00. The van der Waals surface area contributed by atoms with E-state index in [-0.39, 0.29) is 0 Å². The Morgan fingerprint density at radius 2 is 2.62 bits per heavy atom. The van der Waals surface area contributed by atoms with Gasteiger partial charge in [-0.15, -0.1) is 0 Å². The minimum atomic E-state index is 0.843. The molecule has 0 amide bonds. The number of rotatable bonds is 2. The van der Waals surface area contributed by atoms with Crippen LogP contribution in [0.1, 0.15) is 6.92 Å². The number of aromatic nitrogens is 2. The van der Waals surface area contributed by atoms with Gasteiger partial charge in [-0.2, -0.15) is 5.10 Å². The topological polar surface area (TPSA) is 54.2 Å². The van der Waals surface area contributed by atoms with Crippen LogP contribution in [0.2, 0.25) is 0 Å². The number of hydrogen-bond acceptors (Lipinski definition) is 4. The Labute approximate surface area is 76.9 Å². The molecule has 13 heavy (non-hydrogen) atoms. The Morgan fingerprint density at radius 1 is 1.69 bits per heavy atom. The molecule has 2 N–H and O–H groups in total. The Hall–Kier alpha value is -1.52. The summed E-state index contributed by atoms with van der Waals surface area (Å²) in [6.07, 6.45) is 3.76. The van der Waals surface area contributed by atoms with Gasteiger partial charge in [-0.1, -0.05) is 0 Å². The van der Waals surface area contributed by atoms with E-state index >= 15 is 0 Å². The summed E-state index contributed by atoms with van der Waals surface area (Å²) in [5, 5.41) is 10.4. The van der Waals surface area contributed by atoms with Crippen LogP contribution in [0.3, 0.4) is 0 Å². The van der Waals surface area contributed by atoms with Crippen LogP contribution < -0.4 is 10.6 Å². The second kappa shape index (κ2) is 3.47. The highest BCUT2D eigenvalue weighted by Gasteiger charge is 2.05. The third-order valence-electron chi connectivity index (χ3n) is 1.89. The first-order valence-electron chi connectivity index (χ1n) is 4.46. The third kappa shape index (κ3) is 1.80. The molecule has 5 heteroatoms. The summed E-state index contributed by atoms with van der Waals surface area (Å²) in [7, 11) is 0. The predicted octanol–water partition coefficient (Wildman–Crippen LogP) is 0.274. The van der Waals surface area contributed by atoms with Crippen molar-refractivity contribution in [2.24, 2.45) is 4.99 Å². The minimum Gasteiger partial charge on any atom is -0.354 e. The lowest BCUT2D eigenvalue weighted by Crippen LogP contribution is -2.25. The van der Waals surface area contributed by atoms with Crippen molar-refractivity contribution >= 4 is 11.6 Å². The maximum atomic E-state index is 4.22. The lowest BCUT2D eigenvalue weighted by atomic mass is 10.5. The molecule has 0 spiro atoms. The molecule has 5 nitrogen and oxygen atoms in total. The van der Waals surface area contributed by atoms with Crippen molar-refractivity contribution in [1.29, 1.82) is 0 Å². The van der Waals surface area contributed by atoms with Crippen LogP contribution in [0.5, 0.6) is 0 Å². The molecular weight excluding hydrogens is 166 g/mol. The largest absolute Gasteiger partial charge is 0.354 e. The Kier molecular flexibility index (Phi) is 2.16. The number of anilines is 1. The third-order valence-corrected chi connectivity index (χ3v) is 1.89. The fourth-order valence-electron chi connectivity index (χ4n) is 1.22. The van der Waals surface area contributed by atoms with E-state index in [9.17, 15) is 0 Å². The second-order valence-electron chi connectivity index (χ2n) is 2.87. The first kappa shape index (κ1) is 8.10. The summed E-state index contributed by atoms with van der Waals surface area (Å²) in [5.74, 6) is 0.843. The Bertz CT molecular complexity index is 314. The van der Waals surface area contributed by atoms with E-state index in [4.69, 9.17) is 0 Å². The molecule has 0 radical (unpaired) electrons. The van der Waals surface area contributed by atoms with Gasteiger partial charge in [0.05, 0.1) is 18.4 Å². The number of aryl methyl sites for hydroxylation is 1. The van der Waals surface area contributed by atoms with E-state index in [1.54, 1.807) is 6.20 Å². The summed E-state index contributed by atoms with van der Waals surface area (Å²) in [6.45, 7) is 4.72. The van der Waals surface area contributed by atoms with Crippen LogP contribution in [0.25, 0.3) is 0 Å². The van der Waals surface area contributed by atoms with E-state index in [0.717, 1.165) is 31.3 Å². The van der Waals surface area contributed by atoms with Crippen LogP contribution in [0.4, 0.5) is 5.69 Å². The van der Waals surface area contributed by atoms with E-state index < -0.39 is 0 Å². The number of nitrogens with one attached hydrogen (secondary N) is 2. The monoisotopic (exact) mass is 179 g/mol. The fraction of sp³-hybridized carbons (Fsp3) is 0.500. The molecule has 1 aromatic heterocycles. The first-order valence-corrected chi connectivity index (χ1v) is 4.46. The molecule has 0 atom stereocenters. The molecule has 0 fully saturated rings. The van der Waals surface area contributed by atoms with Crippen molar-refractivity contribution in [3.8, 4) is 0 Å². The van der Waals surface area contributed by atoms with Gasteiger partial charge in [-0.05, 0) is 6.92 Å². The van der Waals surface area contributed by atoms with Crippen LogP contribution in [-0.4, -0.2) is 28.8 Å². The van der Waals surface area contributed by atoms with Crippen LogP contribution in [-0.2, 0) is 6.54 Å². The zero-order chi connectivity index (χ0) is 9.10. The van der Waals surface area contributed by atoms with Gasteiger partial charge in [0.1, 0.15) is 0 Å². The summed E-state index contributed by atoms with van der Waals surface area (Å²) in [4.78, 5) is 4.22. The Morgan fingerprint density at radius 3 is 3.23 bits per heavy atom. The smallest absolute Gasteiger partial charge is 0.196 e. The van der Waals surface area contributed by atoms with Crippen molar-refractivity contribution in [3.63, 3.8) is 0 Å². The molecule has 2 heterocycles. The van der Waals surface area contributed by atoms with Crippen molar-refractivity contribution in [1.82, 2.24) is 15.1 Å². The van der Waals surface area contributed by atoms with E-state index in [2.05, 4.69) is 27.6 Å². The molecule has 0 aromatic carbocycles. The predicted molar refractivity (Wildman–Crippen MR) is 51.8 cm³/mol. The first-order chi connectivity index (χ1) is 6.38. The van der Waals surface area contributed by atoms with Gasteiger partial charge >= 0.3 is 0 Å². The average molecular weight is 179 g/mol. The van der Waals surface area contributed by atoms with Crippen LogP contribution in [0.15, 0.2) is 17.4 Å². The molecule has 0 saturated heterocycles. The highest BCUT2D eigenvalue weighted by atomic mass is 15.3. The molecule has 1 aromatic rings. The molecule has 0 bridgehead atoms. The molecule has 0 saturated carbocycles. The molecule has 1 aliphatic rings. The van der Waals surface area contributed by atoms with Crippen LogP contribution in [0, 0.1) is 0 Å².